The molecule has 1 N–H and O–H groups in total. The molecule has 0 aromatic heterocycles. The number of sulfonamides is 1. The lowest BCUT2D eigenvalue weighted by molar-refractivity contribution is -0.111. The van der Waals surface area contributed by atoms with Gasteiger partial charge >= 0.3 is 0 Å². The Bertz CT molecular complexity index is 999. The molecule has 28 heavy (non-hydrogen) atoms. The average molecular weight is 421 g/mol. The highest BCUT2D eigenvalue weighted by atomic mass is 35.5. The van der Waals surface area contributed by atoms with Crippen molar-refractivity contribution >= 4 is 39.3 Å². The third-order valence-electron chi connectivity index (χ3n) is 4.35. The number of benzene rings is 2. The molecule has 0 atom stereocenters. The molecule has 0 spiro atoms. The van der Waals surface area contributed by atoms with Crippen molar-refractivity contribution in [3.05, 3.63) is 64.7 Å². The van der Waals surface area contributed by atoms with Gasteiger partial charge in [0.2, 0.25) is 15.9 Å². The number of hydrogen-bond acceptors (Lipinski definition) is 4. The van der Waals surface area contributed by atoms with E-state index in [-0.39, 0.29) is 10.8 Å². The summed E-state index contributed by atoms with van der Waals surface area (Å²) in [5.74, 6) is -0.357. The fraction of sp³-hybridized carbons (Fsp3) is 0.250. The van der Waals surface area contributed by atoms with Crippen LogP contribution in [0.4, 0.5) is 5.69 Å². The number of ether oxygens (including phenoxy) is 1. The second-order valence-corrected chi connectivity index (χ2v) is 8.75. The van der Waals surface area contributed by atoms with Gasteiger partial charge in [-0.25, -0.2) is 8.42 Å². The summed E-state index contributed by atoms with van der Waals surface area (Å²) in [5.41, 5.74) is 2.02. The summed E-state index contributed by atoms with van der Waals surface area (Å²) in [6.45, 7) is 3.20. The largest absolute Gasteiger partial charge is 0.379 e. The lowest BCUT2D eigenvalue weighted by Gasteiger charge is -2.26. The SMILES string of the molecule is Cc1ccc(S(=O)(=O)N2CCOCC2)cc1NC(=O)/C=C/c1cccc(Cl)c1. The first-order valence-electron chi connectivity index (χ1n) is 8.79. The third-order valence-corrected chi connectivity index (χ3v) is 6.48. The molecule has 2 aromatic rings. The van der Waals surface area contributed by atoms with Crippen LogP contribution in [0.3, 0.4) is 0 Å². The first-order chi connectivity index (χ1) is 13.4. The number of nitrogens with zero attached hydrogens (tertiary/aromatic N) is 1. The average Bonchev–Trinajstić information content (AvgIpc) is 2.69. The van der Waals surface area contributed by atoms with Gasteiger partial charge in [-0.3, -0.25) is 4.79 Å². The van der Waals surface area contributed by atoms with Crippen molar-refractivity contribution in [2.75, 3.05) is 31.6 Å². The summed E-state index contributed by atoms with van der Waals surface area (Å²) in [4.78, 5) is 12.4. The van der Waals surface area contributed by atoms with Crippen molar-refractivity contribution in [2.45, 2.75) is 11.8 Å². The fourth-order valence-electron chi connectivity index (χ4n) is 2.79. The Morgan fingerprint density at radius 3 is 2.64 bits per heavy atom. The molecule has 0 saturated carbocycles. The molecule has 8 heteroatoms. The fourth-order valence-corrected chi connectivity index (χ4v) is 4.42. The number of morpholine rings is 1. The molecule has 0 bridgehead atoms. The van der Waals surface area contributed by atoms with Gasteiger partial charge in [-0.05, 0) is 48.4 Å². The van der Waals surface area contributed by atoms with Gasteiger partial charge < -0.3 is 10.1 Å². The number of anilines is 1. The Balaban J connectivity index is 1.77. The summed E-state index contributed by atoms with van der Waals surface area (Å²) in [5, 5.41) is 3.33. The molecular formula is C20H21ClN2O4S. The van der Waals surface area contributed by atoms with E-state index in [1.54, 1.807) is 43.3 Å². The summed E-state index contributed by atoms with van der Waals surface area (Å²) < 4.78 is 32.2. The molecule has 1 aliphatic rings. The molecule has 1 aliphatic heterocycles. The molecule has 0 radical (unpaired) electrons. The van der Waals surface area contributed by atoms with Crippen molar-refractivity contribution in [1.82, 2.24) is 4.31 Å². The van der Waals surface area contributed by atoms with E-state index in [9.17, 15) is 13.2 Å². The Morgan fingerprint density at radius 1 is 1.18 bits per heavy atom. The van der Waals surface area contributed by atoms with E-state index >= 15 is 0 Å². The topological polar surface area (TPSA) is 75.7 Å². The Hall–Kier alpha value is -2.19. The molecule has 1 saturated heterocycles. The van der Waals surface area contributed by atoms with E-state index in [2.05, 4.69) is 5.32 Å². The van der Waals surface area contributed by atoms with Crippen LogP contribution in [0.2, 0.25) is 5.02 Å². The van der Waals surface area contributed by atoms with Gasteiger partial charge in [-0.2, -0.15) is 4.31 Å². The summed E-state index contributed by atoms with van der Waals surface area (Å²) >= 11 is 5.93. The minimum Gasteiger partial charge on any atom is -0.379 e. The molecule has 3 rings (SSSR count). The summed E-state index contributed by atoms with van der Waals surface area (Å²) in [6, 6.07) is 11.8. The Kier molecular flexibility index (Phi) is 6.51. The number of amides is 1. The molecule has 1 fully saturated rings. The predicted molar refractivity (Wildman–Crippen MR) is 110 cm³/mol. The van der Waals surface area contributed by atoms with Crippen LogP contribution in [0.25, 0.3) is 6.08 Å². The molecule has 0 aliphatic carbocycles. The maximum atomic E-state index is 12.8. The zero-order valence-corrected chi connectivity index (χ0v) is 17.0. The number of hydrogen-bond donors (Lipinski definition) is 1. The molecule has 1 heterocycles. The van der Waals surface area contributed by atoms with Crippen LogP contribution in [0.5, 0.6) is 0 Å². The first kappa shape index (κ1) is 20.5. The lowest BCUT2D eigenvalue weighted by atomic mass is 10.2. The number of nitrogens with one attached hydrogen (secondary N) is 1. The second kappa shape index (κ2) is 8.87. The van der Waals surface area contributed by atoms with Crippen LogP contribution < -0.4 is 5.32 Å². The van der Waals surface area contributed by atoms with E-state index in [0.29, 0.717) is 37.0 Å². The Labute approximate surface area is 169 Å². The van der Waals surface area contributed by atoms with Crippen LogP contribution in [0.15, 0.2) is 53.4 Å². The maximum Gasteiger partial charge on any atom is 0.248 e. The molecular weight excluding hydrogens is 400 g/mol. The van der Waals surface area contributed by atoms with E-state index in [1.165, 1.54) is 16.4 Å². The van der Waals surface area contributed by atoms with Gasteiger partial charge in [-0.15, -0.1) is 0 Å². The quantitative estimate of drug-likeness (QED) is 0.753. The molecule has 2 aromatic carbocycles. The van der Waals surface area contributed by atoms with Crippen LogP contribution >= 0.6 is 11.6 Å². The maximum absolute atomic E-state index is 12.8. The molecule has 148 valence electrons. The number of carbonyl (C=O) groups excluding carboxylic acids is 1. The number of aryl methyl sites for hydroxylation is 1. The second-order valence-electron chi connectivity index (χ2n) is 6.37. The van der Waals surface area contributed by atoms with Crippen LogP contribution in [-0.2, 0) is 19.6 Å². The van der Waals surface area contributed by atoms with Crippen molar-refractivity contribution in [3.8, 4) is 0 Å². The van der Waals surface area contributed by atoms with Gasteiger partial charge in [0, 0.05) is 29.9 Å². The normalized spacial score (nSPS) is 15.6. The van der Waals surface area contributed by atoms with Gasteiger partial charge in [-0.1, -0.05) is 29.8 Å². The lowest BCUT2D eigenvalue weighted by Crippen LogP contribution is -2.40. The zero-order valence-electron chi connectivity index (χ0n) is 15.4. The monoisotopic (exact) mass is 420 g/mol. The minimum absolute atomic E-state index is 0.147. The zero-order chi connectivity index (χ0) is 20.1. The molecule has 0 unspecified atom stereocenters. The van der Waals surface area contributed by atoms with Crippen LogP contribution in [0.1, 0.15) is 11.1 Å². The van der Waals surface area contributed by atoms with Gasteiger partial charge in [0.1, 0.15) is 0 Å². The summed E-state index contributed by atoms with van der Waals surface area (Å²) in [7, 11) is -3.63. The highest BCUT2D eigenvalue weighted by molar-refractivity contribution is 7.89. The molecule has 6 nitrogen and oxygen atoms in total. The highest BCUT2D eigenvalue weighted by Gasteiger charge is 2.26. The van der Waals surface area contributed by atoms with E-state index in [1.807, 2.05) is 6.07 Å². The highest BCUT2D eigenvalue weighted by Crippen LogP contribution is 2.24. The standard InChI is InChI=1S/C20H21ClN2O4S/c1-15-5-7-18(28(25,26)23-9-11-27-12-10-23)14-19(15)22-20(24)8-6-16-3-2-4-17(21)13-16/h2-8,13-14H,9-12H2,1H3,(H,22,24)/b8-6+. The van der Waals surface area contributed by atoms with Crippen molar-refractivity contribution < 1.29 is 17.9 Å². The van der Waals surface area contributed by atoms with Crippen molar-refractivity contribution in [3.63, 3.8) is 0 Å². The van der Waals surface area contributed by atoms with Crippen molar-refractivity contribution in [1.29, 1.82) is 0 Å². The van der Waals surface area contributed by atoms with Gasteiger partial charge in [0.05, 0.1) is 18.1 Å². The van der Waals surface area contributed by atoms with Gasteiger partial charge in [0.15, 0.2) is 0 Å². The van der Waals surface area contributed by atoms with E-state index < -0.39 is 10.0 Å². The van der Waals surface area contributed by atoms with Crippen molar-refractivity contribution in [2.24, 2.45) is 0 Å². The number of halogens is 1. The van der Waals surface area contributed by atoms with E-state index in [4.69, 9.17) is 16.3 Å². The minimum atomic E-state index is -3.63. The molecule has 1 amide bonds. The number of carbonyl (C=O) groups is 1. The van der Waals surface area contributed by atoms with Crippen LogP contribution in [0, 0.1) is 6.92 Å². The number of rotatable bonds is 5. The third kappa shape index (κ3) is 4.99. The van der Waals surface area contributed by atoms with E-state index in [0.717, 1.165) is 11.1 Å². The summed E-state index contributed by atoms with van der Waals surface area (Å²) in [6.07, 6.45) is 3.03. The first-order valence-corrected chi connectivity index (χ1v) is 10.6. The predicted octanol–water partition coefficient (Wildman–Crippen LogP) is 3.32. The Morgan fingerprint density at radius 2 is 1.93 bits per heavy atom. The smallest absolute Gasteiger partial charge is 0.248 e. The van der Waals surface area contributed by atoms with Gasteiger partial charge in [0.25, 0.3) is 0 Å². The van der Waals surface area contributed by atoms with Crippen LogP contribution in [-0.4, -0.2) is 44.9 Å².